The zero-order valence-corrected chi connectivity index (χ0v) is 12.3. The molecule has 6 heteroatoms. The monoisotopic (exact) mass is 295 g/mol. The Balaban J connectivity index is 1.56. The Morgan fingerprint density at radius 2 is 1.95 bits per heavy atom. The third-order valence-corrected chi connectivity index (χ3v) is 4.35. The Labute approximate surface area is 128 Å². The fraction of sp³-hybridized carbons (Fsp3) is 0.438. The molecule has 1 aliphatic carbocycles. The summed E-state index contributed by atoms with van der Waals surface area (Å²) in [5.41, 5.74) is 3.98. The van der Waals surface area contributed by atoms with Gasteiger partial charge in [0.25, 0.3) is 5.91 Å². The highest BCUT2D eigenvalue weighted by molar-refractivity contribution is 5.92. The fourth-order valence-corrected chi connectivity index (χ4v) is 3.03. The molecular formula is C16H17N5O. The van der Waals surface area contributed by atoms with Crippen molar-refractivity contribution in [2.75, 3.05) is 13.1 Å². The average molecular weight is 295 g/mol. The first kappa shape index (κ1) is 13.3. The highest BCUT2D eigenvalue weighted by Gasteiger charge is 2.30. The number of carbonyl (C=O) groups is 1. The lowest BCUT2D eigenvalue weighted by Gasteiger charge is -2.19. The molecule has 0 N–H and O–H groups in total. The lowest BCUT2D eigenvalue weighted by molar-refractivity contribution is 0.0756. The molecule has 1 aliphatic heterocycles. The summed E-state index contributed by atoms with van der Waals surface area (Å²) < 4.78 is 0. The Morgan fingerprint density at radius 1 is 1.09 bits per heavy atom. The summed E-state index contributed by atoms with van der Waals surface area (Å²) in [5.74, 6) is 0.556. The largest absolute Gasteiger partial charge is 0.337 e. The second-order valence-corrected chi connectivity index (χ2v) is 5.84. The number of aromatic nitrogens is 4. The molecular weight excluding hydrogens is 278 g/mol. The van der Waals surface area contributed by atoms with Gasteiger partial charge in [-0.3, -0.25) is 9.78 Å². The molecule has 0 bridgehead atoms. The van der Waals surface area contributed by atoms with E-state index in [1.165, 1.54) is 30.3 Å². The molecule has 0 atom stereocenters. The van der Waals surface area contributed by atoms with Gasteiger partial charge in [0.05, 0.1) is 11.9 Å². The molecule has 1 amide bonds. The van der Waals surface area contributed by atoms with Crippen molar-refractivity contribution in [2.45, 2.75) is 31.6 Å². The van der Waals surface area contributed by atoms with Crippen LogP contribution in [0.2, 0.25) is 0 Å². The van der Waals surface area contributed by atoms with Crippen LogP contribution in [0.15, 0.2) is 24.9 Å². The number of fused-ring (bicyclic) bond motifs is 1. The molecule has 4 rings (SSSR count). The van der Waals surface area contributed by atoms with Gasteiger partial charge in [0.2, 0.25) is 0 Å². The van der Waals surface area contributed by atoms with E-state index in [1.807, 2.05) is 4.90 Å². The maximum atomic E-state index is 12.5. The average Bonchev–Trinajstić information content (AvgIpc) is 3.41. The number of hydrogen-bond acceptors (Lipinski definition) is 5. The number of hydrogen-bond donors (Lipinski definition) is 0. The predicted octanol–water partition coefficient (Wildman–Crippen LogP) is 1.39. The van der Waals surface area contributed by atoms with Gasteiger partial charge in [-0.2, -0.15) is 0 Å². The first-order valence-electron chi connectivity index (χ1n) is 7.71. The van der Waals surface area contributed by atoms with Crippen molar-refractivity contribution < 1.29 is 4.79 Å². The van der Waals surface area contributed by atoms with Gasteiger partial charge in [-0.1, -0.05) is 0 Å². The molecule has 1 fully saturated rings. The van der Waals surface area contributed by atoms with E-state index in [9.17, 15) is 4.79 Å². The molecule has 0 aromatic carbocycles. The summed E-state index contributed by atoms with van der Waals surface area (Å²) in [6, 6.07) is 0. The van der Waals surface area contributed by atoms with E-state index >= 15 is 0 Å². The summed E-state index contributed by atoms with van der Waals surface area (Å²) in [4.78, 5) is 31.4. The minimum atomic E-state index is -0.0539. The maximum Gasteiger partial charge on any atom is 0.274 e. The predicted molar refractivity (Wildman–Crippen MR) is 79.4 cm³/mol. The normalized spacial score (nSPS) is 17.7. The molecule has 0 saturated heterocycles. The van der Waals surface area contributed by atoms with Gasteiger partial charge in [0.15, 0.2) is 0 Å². The molecule has 2 aromatic rings. The van der Waals surface area contributed by atoms with Crippen molar-refractivity contribution >= 4 is 5.91 Å². The van der Waals surface area contributed by atoms with E-state index < -0.39 is 0 Å². The third-order valence-electron chi connectivity index (χ3n) is 4.35. The minimum absolute atomic E-state index is 0.0539. The van der Waals surface area contributed by atoms with Gasteiger partial charge < -0.3 is 4.90 Å². The van der Waals surface area contributed by atoms with Crippen LogP contribution in [0.3, 0.4) is 0 Å². The zero-order valence-electron chi connectivity index (χ0n) is 12.3. The Hall–Kier alpha value is -2.37. The second-order valence-electron chi connectivity index (χ2n) is 5.84. The molecule has 2 aliphatic rings. The van der Waals surface area contributed by atoms with Gasteiger partial charge in [-0.05, 0) is 24.8 Å². The summed E-state index contributed by atoms with van der Waals surface area (Å²) in [6.07, 6.45) is 10.4. The van der Waals surface area contributed by atoms with Crippen LogP contribution in [0.25, 0.3) is 0 Å². The summed E-state index contributed by atoms with van der Waals surface area (Å²) in [7, 11) is 0. The lowest BCUT2D eigenvalue weighted by Crippen LogP contribution is -2.33. The van der Waals surface area contributed by atoms with Crippen molar-refractivity contribution in [3.63, 3.8) is 0 Å². The molecule has 0 spiro atoms. The van der Waals surface area contributed by atoms with Crippen LogP contribution < -0.4 is 0 Å². The quantitative estimate of drug-likeness (QED) is 0.837. The first-order chi connectivity index (χ1) is 10.8. The van der Waals surface area contributed by atoms with E-state index in [4.69, 9.17) is 0 Å². The van der Waals surface area contributed by atoms with Crippen LogP contribution in [0, 0.1) is 0 Å². The summed E-state index contributed by atoms with van der Waals surface area (Å²) in [5, 5.41) is 0. The van der Waals surface area contributed by atoms with Crippen LogP contribution in [-0.2, 0) is 12.8 Å². The van der Waals surface area contributed by atoms with Crippen LogP contribution in [0.4, 0.5) is 0 Å². The smallest absolute Gasteiger partial charge is 0.274 e. The Bertz CT molecular complexity index is 699. The van der Waals surface area contributed by atoms with Gasteiger partial charge in [0.1, 0.15) is 12.0 Å². The molecule has 0 unspecified atom stereocenters. The molecule has 1 saturated carbocycles. The van der Waals surface area contributed by atoms with Crippen LogP contribution in [0.5, 0.6) is 0 Å². The van der Waals surface area contributed by atoms with Gasteiger partial charge in [-0.25, -0.2) is 15.0 Å². The van der Waals surface area contributed by atoms with Crippen LogP contribution in [0.1, 0.15) is 46.2 Å². The van der Waals surface area contributed by atoms with Crippen molar-refractivity contribution in [1.82, 2.24) is 24.8 Å². The second kappa shape index (κ2) is 5.44. The van der Waals surface area contributed by atoms with Crippen molar-refractivity contribution in [3.8, 4) is 0 Å². The highest BCUT2D eigenvalue weighted by Crippen LogP contribution is 2.41. The summed E-state index contributed by atoms with van der Waals surface area (Å²) >= 11 is 0. The van der Waals surface area contributed by atoms with E-state index in [1.54, 1.807) is 18.7 Å². The molecule has 22 heavy (non-hydrogen) atoms. The van der Waals surface area contributed by atoms with Gasteiger partial charge in [0, 0.05) is 43.5 Å². The van der Waals surface area contributed by atoms with Crippen molar-refractivity contribution in [1.29, 1.82) is 0 Å². The SMILES string of the molecule is O=C(c1cnccn1)N1CCc2ncnc(C3CC3)c2CC1. The number of rotatable bonds is 2. The third kappa shape index (κ3) is 2.45. The van der Waals surface area contributed by atoms with Crippen LogP contribution >= 0.6 is 0 Å². The molecule has 112 valence electrons. The van der Waals surface area contributed by atoms with Gasteiger partial charge in [-0.15, -0.1) is 0 Å². The number of nitrogens with zero attached hydrogens (tertiary/aromatic N) is 5. The molecule has 6 nitrogen and oxygen atoms in total. The molecule has 2 aromatic heterocycles. The van der Waals surface area contributed by atoms with Crippen molar-refractivity contribution in [2.24, 2.45) is 0 Å². The maximum absolute atomic E-state index is 12.5. The van der Waals surface area contributed by atoms with Crippen molar-refractivity contribution in [3.05, 3.63) is 47.6 Å². The number of amides is 1. The van der Waals surface area contributed by atoms with Gasteiger partial charge >= 0.3 is 0 Å². The highest BCUT2D eigenvalue weighted by atomic mass is 16.2. The van der Waals surface area contributed by atoms with E-state index in [0.29, 0.717) is 24.7 Å². The molecule has 3 heterocycles. The number of carbonyl (C=O) groups excluding carboxylic acids is 1. The standard InChI is InChI=1S/C16H17N5O/c22-16(14-9-17-5-6-18-14)21-7-3-12-13(4-8-21)19-10-20-15(12)11-1-2-11/h5-6,9-11H,1-4,7-8H2. The zero-order chi connectivity index (χ0) is 14.9. The first-order valence-corrected chi connectivity index (χ1v) is 7.71. The van der Waals surface area contributed by atoms with E-state index in [0.717, 1.165) is 18.5 Å². The Morgan fingerprint density at radius 3 is 2.73 bits per heavy atom. The van der Waals surface area contributed by atoms with E-state index in [2.05, 4.69) is 19.9 Å². The fourth-order valence-electron chi connectivity index (χ4n) is 3.03. The van der Waals surface area contributed by atoms with Crippen LogP contribution in [-0.4, -0.2) is 43.8 Å². The minimum Gasteiger partial charge on any atom is -0.337 e. The molecule has 0 radical (unpaired) electrons. The van der Waals surface area contributed by atoms with E-state index in [-0.39, 0.29) is 5.91 Å². The Kier molecular flexibility index (Phi) is 3.29. The summed E-state index contributed by atoms with van der Waals surface area (Å²) in [6.45, 7) is 1.36. The topological polar surface area (TPSA) is 71.9 Å². The lowest BCUT2D eigenvalue weighted by atomic mass is 10.0.